The van der Waals surface area contributed by atoms with Crippen molar-refractivity contribution >= 4 is 5.97 Å². The molecule has 0 spiro atoms. The molecule has 1 N–H and O–H groups in total. The summed E-state index contributed by atoms with van der Waals surface area (Å²) < 4.78 is 4.98. The zero-order chi connectivity index (χ0) is 9.97. The smallest absolute Gasteiger partial charge is 0.326 e. The Morgan fingerprint density at radius 3 is 2.86 bits per heavy atom. The molecule has 2 aliphatic heterocycles. The Hall–Kier alpha value is -1.08. The lowest BCUT2D eigenvalue weighted by Gasteiger charge is -2.31. The second-order valence-corrected chi connectivity index (χ2v) is 4.80. The van der Waals surface area contributed by atoms with E-state index in [-0.39, 0.29) is 18.4 Å². The summed E-state index contributed by atoms with van der Waals surface area (Å²) in [5.41, 5.74) is -1.77. The number of carbonyl (C=O) groups excluding carboxylic acids is 1. The third-order valence-electron chi connectivity index (χ3n) is 4.21. The minimum Gasteiger partial charge on any atom is -0.461 e. The molecule has 2 saturated heterocycles. The highest BCUT2D eigenvalue weighted by Crippen LogP contribution is 2.62. The van der Waals surface area contributed by atoms with Crippen molar-refractivity contribution in [1.29, 1.82) is 5.26 Å². The first kappa shape index (κ1) is 8.25. The summed E-state index contributed by atoms with van der Waals surface area (Å²) in [6.07, 6.45) is 1.85. The highest BCUT2D eigenvalue weighted by Gasteiger charge is 2.68. The molecule has 74 valence electrons. The first-order chi connectivity index (χ1) is 6.61. The van der Waals surface area contributed by atoms with E-state index < -0.39 is 17.0 Å². The van der Waals surface area contributed by atoms with Gasteiger partial charge in [-0.25, -0.2) is 0 Å². The van der Waals surface area contributed by atoms with Crippen LogP contribution in [0.25, 0.3) is 0 Å². The molecule has 0 aromatic carbocycles. The minimum atomic E-state index is -0.937. The fraction of sp³-hybridized carbons (Fsp3) is 0.800. The highest BCUT2D eigenvalue weighted by atomic mass is 16.5. The molecule has 4 bridgehead atoms. The molecule has 4 aliphatic rings. The third-order valence-corrected chi connectivity index (χ3v) is 4.21. The van der Waals surface area contributed by atoms with Crippen molar-refractivity contribution in [1.82, 2.24) is 0 Å². The largest absolute Gasteiger partial charge is 0.461 e. The predicted molar refractivity (Wildman–Crippen MR) is 44.8 cm³/mol. The number of fused-ring (bicyclic) bond motifs is 2. The Balaban J connectivity index is 2.13. The van der Waals surface area contributed by atoms with Gasteiger partial charge in [-0.1, -0.05) is 0 Å². The number of hydrogen-bond acceptors (Lipinski definition) is 4. The molecule has 4 rings (SSSR count). The summed E-state index contributed by atoms with van der Waals surface area (Å²) in [6, 6.07) is 2.12. The number of rotatable bonds is 0. The van der Waals surface area contributed by atoms with E-state index in [0.29, 0.717) is 12.8 Å². The average Bonchev–Trinajstić information content (AvgIpc) is 2.63. The molecule has 0 aromatic rings. The van der Waals surface area contributed by atoms with E-state index in [9.17, 15) is 9.90 Å². The number of esters is 1. The first-order valence-electron chi connectivity index (χ1n) is 4.92. The fourth-order valence-electron chi connectivity index (χ4n) is 3.37. The first-order valence-corrected chi connectivity index (χ1v) is 4.92. The molecular weight excluding hydrogens is 182 g/mol. The molecule has 14 heavy (non-hydrogen) atoms. The molecular formula is C10H11NO3. The number of ether oxygens (including phenoxy) is 1. The predicted octanol–water partition coefficient (Wildman–Crippen LogP) is 0.214. The van der Waals surface area contributed by atoms with Crippen molar-refractivity contribution in [3.05, 3.63) is 0 Å². The molecule has 4 heteroatoms. The van der Waals surface area contributed by atoms with Gasteiger partial charge >= 0.3 is 5.97 Å². The topological polar surface area (TPSA) is 70.3 Å². The van der Waals surface area contributed by atoms with Gasteiger partial charge in [0.1, 0.15) is 12.2 Å². The standard InChI is InChI=1S/C10H11NO3/c11-4-9-2-7-1-6(9)3-10(7,13)5-14-8(9)12/h6-7,13H,1-3,5H2. The quantitative estimate of drug-likeness (QED) is 0.558. The van der Waals surface area contributed by atoms with Crippen LogP contribution in [0.15, 0.2) is 0 Å². The maximum absolute atomic E-state index is 11.6. The van der Waals surface area contributed by atoms with Gasteiger partial charge in [-0.3, -0.25) is 4.79 Å². The summed E-state index contributed by atoms with van der Waals surface area (Å²) in [7, 11) is 0. The third kappa shape index (κ3) is 0.674. The summed E-state index contributed by atoms with van der Waals surface area (Å²) in [6.45, 7) is 0.0798. The summed E-state index contributed by atoms with van der Waals surface area (Å²) >= 11 is 0. The van der Waals surface area contributed by atoms with Gasteiger partial charge in [0.25, 0.3) is 0 Å². The zero-order valence-corrected chi connectivity index (χ0v) is 7.69. The van der Waals surface area contributed by atoms with Gasteiger partial charge in [-0.2, -0.15) is 5.26 Å². The molecule has 4 atom stereocenters. The van der Waals surface area contributed by atoms with Crippen molar-refractivity contribution in [2.75, 3.05) is 6.61 Å². The second kappa shape index (κ2) is 2.12. The fourth-order valence-corrected chi connectivity index (χ4v) is 3.37. The van der Waals surface area contributed by atoms with Gasteiger partial charge in [0.05, 0.1) is 6.07 Å². The van der Waals surface area contributed by atoms with Crippen LogP contribution in [0.3, 0.4) is 0 Å². The van der Waals surface area contributed by atoms with Gasteiger partial charge < -0.3 is 9.84 Å². The maximum Gasteiger partial charge on any atom is 0.326 e. The summed E-state index contributed by atoms with van der Waals surface area (Å²) in [5.74, 6) is -0.322. The molecule has 4 unspecified atom stereocenters. The normalized spacial score (nSPS) is 54.1. The monoisotopic (exact) mass is 193 g/mol. The zero-order valence-electron chi connectivity index (χ0n) is 7.69. The van der Waals surface area contributed by atoms with Gasteiger partial charge in [-0.05, 0) is 31.1 Å². The number of carbonyl (C=O) groups is 1. The van der Waals surface area contributed by atoms with E-state index >= 15 is 0 Å². The van der Waals surface area contributed by atoms with Crippen molar-refractivity contribution < 1.29 is 14.6 Å². The van der Waals surface area contributed by atoms with Crippen molar-refractivity contribution in [3.8, 4) is 6.07 Å². The van der Waals surface area contributed by atoms with E-state index in [2.05, 4.69) is 6.07 Å². The number of aliphatic hydroxyl groups is 1. The van der Waals surface area contributed by atoms with Crippen LogP contribution in [0.4, 0.5) is 0 Å². The van der Waals surface area contributed by atoms with Gasteiger partial charge in [0, 0.05) is 0 Å². The Morgan fingerprint density at radius 1 is 1.50 bits per heavy atom. The Labute approximate surface area is 81.5 Å². The Bertz CT molecular complexity index is 361. The summed E-state index contributed by atoms with van der Waals surface area (Å²) in [5, 5.41) is 19.3. The van der Waals surface area contributed by atoms with Crippen LogP contribution in [0.1, 0.15) is 19.3 Å². The molecule has 0 aromatic heterocycles. The minimum absolute atomic E-state index is 0.0116. The van der Waals surface area contributed by atoms with Crippen LogP contribution in [0, 0.1) is 28.6 Å². The molecule has 2 saturated carbocycles. The molecule has 0 radical (unpaired) electrons. The van der Waals surface area contributed by atoms with Gasteiger partial charge in [-0.15, -0.1) is 0 Å². The molecule has 4 fully saturated rings. The van der Waals surface area contributed by atoms with Crippen LogP contribution in [0.5, 0.6) is 0 Å². The van der Waals surface area contributed by atoms with E-state index in [4.69, 9.17) is 10.00 Å². The van der Waals surface area contributed by atoms with Crippen molar-refractivity contribution in [2.24, 2.45) is 17.3 Å². The van der Waals surface area contributed by atoms with Gasteiger partial charge in [0.2, 0.25) is 0 Å². The maximum atomic E-state index is 11.6. The molecule has 2 aliphatic carbocycles. The second-order valence-electron chi connectivity index (χ2n) is 4.80. The lowest BCUT2D eigenvalue weighted by molar-refractivity contribution is -0.154. The van der Waals surface area contributed by atoms with E-state index in [1.54, 1.807) is 0 Å². The molecule has 4 nitrogen and oxygen atoms in total. The van der Waals surface area contributed by atoms with Crippen LogP contribution in [-0.2, 0) is 9.53 Å². The summed E-state index contributed by atoms with van der Waals surface area (Å²) in [4.78, 5) is 11.6. The average molecular weight is 193 g/mol. The van der Waals surface area contributed by atoms with E-state index in [0.717, 1.165) is 6.42 Å². The highest BCUT2D eigenvalue weighted by molar-refractivity contribution is 5.82. The number of nitrogens with zero attached hydrogens (tertiary/aromatic N) is 1. The molecule has 0 amide bonds. The number of nitriles is 1. The van der Waals surface area contributed by atoms with Gasteiger partial charge in [0.15, 0.2) is 5.41 Å². The van der Waals surface area contributed by atoms with Crippen LogP contribution in [0.2, 0.25) is 0 Å². The molecule has 2 heterocycles. The Kier molecular flexibility index (Phi) is 1.25. The van der Waals surface area contributed by atoms with E-state index in [1.165, 1.54) is 0 Å². The Morgan fingerprint density at radius 2 is 2.29 bits per heavy atom. The SMILES string of the molecule is N#CC12CC3CC1CC3(O)COC2=O. The van der Waals surface area contributed by atoms with E-state index in [1.807, 2.05) is 0 Å². The van der Waals surface area contributed by atoms with Crippen LogP contribution >= 0.6 is 0 Å². The van der Waals surface area contributed by atoms with Crippen LogP contribution < -0.4 is 0 Å². The van der Waals surface area contributed by atoms with Crippen molar-refractivity contribution in [3.63, 3.8) is 0 Å². The van der Waals surface area contributed by atoms with Crippen molar-refractivity contribution in [2.45, 2.75) is 24.9 Å². The number of hydrogen-bond donors (Lipinski definition) is 1. The lowest BCUT2D eigenvalue weighted by atomic mass is 9.71. The lowest BCUT2D eigenvalue weighted by Crippen LogP contribution is -2.41. The van der Waals surface area contributed by atoms with Crippen LogP contribution in [-0.4, -0.2) is 23.3 Å².